The number of halogens is 3. The zero-order chi connectivity index (χ0) is 18.7. The third-order valence-electron chi connectivity index (χ3n) is 3.36. The fraction of sp³-hybridized carbons (Fsp3) is 0.0556. The lowest BCUT2D eigenvalue weighted by molar-refractivity contribution is -0.113. The number of hydrogen-bond donors (Lipinski definition) is 1. The van der Waals surface area contributed by atoms with E-state index in [0.29, 0.717) is 5.75 Å². The zero-order valence-corrected chi connectivity index (χ0v) is 14.6. The van der Waals surface area contributed by atoms with Crippen molar-refractivity contribution in [1.29, 1.82) is 0 Å². The van der Waals surface area contributed by atoms with E-state index in [4.69, 9.17) is 27.9 Å². The minimum Gasteiger partial charge on any atom is -0.456 e. The molecule has 0 unspecified atom stereocenters. The summed E-state index contributed by atoms with van der Waals surface area (Å²) < 4.78 is 18.7. The molecule has 0 atom stereocenters. The van der Waals surface area contributed by atoms with E-state index in [1.807, 2.05) is 0 Å². The Morgan fingerprint density at radius 1 is 1.15 bits per heavy atom. The first-order chi connectivity index (χ1) is 12.4. The first-order valence-corrected chi connectivity index (χ1v) is 8.16. The monoisotopic (exact) mass is 392 g/mol. The number of benzene rings is 2. The van der Waals surface area contributed by atoms with E-state index in [9.17, 15) is 14.0 Å². The Balaban J connectivity index is 1.91. The summed E-state index contributed by atoms with van der Waals surface area (Å²) in [4.78, 5) is 27.8. The Labute approximate surface area is 158 Å². The average Bonchev–Trinajstić information content (AvgIpc) is 2.60. The Morgan fingerprint density at radius 2 is 1.85 bits per heavy atom. The molecule has 0 aliphatic carbocycles. The van der Waals surface area contributed by atoms with Gasteiger partial charge in [-0.3, -0.25) is 14.6 Å². The third-order valence-corrected chi connectivity index (χ3v) is 4.08. The summed E-state index contributed by atoms with van der Waals surface area (Å²) in [6.07, 6.45) is 2.67. The van der Waals surface area contributed by atoms with Crippen LogP contribution in [0.4, 0.5) is 4.39 Å². The number of allylic oxidation sites excluding steroid dienone is 1. The van der Waals surface area contributed by atoms with Crippen molar-refractivity contribution in [2.75, 3.05) is 6.54 Å². The molecule has 2 aromatic carbocycles. The van der Waals surface area contributed by atoms with Gasteiger partial charge in [0.1, 0.15) is 23.9 Å². The molecule has 0 bridgehead atoms. The van der Waals surface area contributed by atoms with Crippen LogP contribution >= 0.6 is 23.2 Å². The van der Waals surface area contributed by atoms with Crippen molar-refractivity contribution in [1.82, 2.24) is 5.32 Å². The molecule has 26 heavy (non-hydrogen) atoms. The molecule has 0 fully saturated rings. The van der Waals surface area contributed by atoms with E-state index in [1.165, 1.54) is 48.7 Å². The summed E-state index contributed by atoms with van der Waals surface area (Å²) in [5, 5.41) is 2.90. The molecule has 0 saturated heterocycles. The van der Waals surface area contributed by atoms with Gasteiger partial charge in [-0.2, -0.15) is 0 Å². The molecule has 0 aromatic heterocycles. The van der Waals surface area contributed by atoms with Crippen LogP contribution in [0, 0.1) is 5.82 Å². The molecule has 8 heteroatoms. The van der Waals surface area contributed by atoms with Crippen LogP contribution in [0.2, 0.25) is 10.0 Å². The number of carbonyl (C=O) groups is 2. The Morgan fingerprint density at radius 3 is 2.54 bits per heavy atom. The van der Waals surface area contributed by atoms with Crippen LogP contribution in [-0.4, -0.2) is 24.4 Å². The van der Waals surface area contributed by atoms with Crippen LogP contribution in [-0.2, 0) is 4.79 Å². The standard InChI is InChI=1S/C18H11Cl2FN2O3/c19-15-6-14(18(25)23-11-5-12(24)9-22-8-11)17(7-16(15)20)26-13-3-1-10(21)2-4-13/h1-8H,9H2,(H,23,25). The number of rotatable bonds is 4. The molecule has 2 aromatic rings. The van der Waals surface area contributed by atoms with Gasteiger partial charge in [0.05, 0.1) is 21.3 Å². The van der Waals surface area contributed by atoms with Gasteiger partial charge >= 0.3 is 0 Å². The predicted octanol–water partition coefficient (Wildman–Crippen LogP) is 4.19. The van der Waals surface area contributed by atoms with Gasteiger partial charge in [-0.25, -0.2) is 4.39 Å². The van der Waals surface area contributed by atoms with Crippen molar-refractivity contribution in [2.45, 2.75) is 0 Å². The van der Waals surface area contributed by atoms with E-state index >= 15 is 0 Å². The molecule has 1 heterocycles. The van der Waals surface area contributed by atoms with E-state index in [1.54, 1.807) is 0 Å². The number of hydrogen-bond acceptors (Lipinski definition) is 4. The molecule has 1 amide bonds. The maximum absolute atomic E-state index is 13.0. The van der Waals surface area contributed by atoms with Crippen LogP contribution in [0.3, 0.4) is 0 Å². The quantitative estimate of drug-likeness (QED) is 0.847. The molecule has 0 spiro atoms. The van der Waals surface area contributed by atoms with Crippen LogP contribution in [0.25, 0.3) is 0 Å². The first kappa shape index (κ1) is 18.1. The number of aliphatic imine (C=N–C) groups is 1. The maximum Gasteiger partial charge on any atom is 0.259 e. The van der Waals surface area contributed by atoms with Gasteiger partial charge < -0.3 is 10.1 Å². The maximum atomic E-state index is 13.0. The Kier molecular flexibility index (Phi) is 5.35. The Hall–Kier alpha value is -2.70. The lowest BCUT2D eigenvalue weighted by Crippen LogP contribution is -2.26. The highest BCUT2D eigenvalue weighted by atomic mass is 35.5. The van der Waals surface area contributed by atoms with Crippen LogP contribution in [0.5, 0.6) is 11.5 Å². The molecule has 5 nitrogen and oxygen atoms in total. The van der Waals surface area contributed by atoms with Crippen LogP contribution in [0.1, 0.15) is 10.4 Å². The SMILES string of the molecule is O=C1C=C(NC(=O)c2cc(Cl)c(Cl)cc2Oc2ccc(F)cc2)C=NC1. The predicted molar refractivity (Wildman–Crippen MR) is 96.9 cm³/mol. The molecule has 0 radical (unpaired) electrons. The summed E-state index contributed by atoms with van der Waals surface area (Å²) >= 11 is 12.0. The van der Waals surface area contributed by atoms with Crippen molar-refractivity contribution < 1.29 is 18.7 Å². The number of amides is 1. The largest absolute Gasteiger partial charge is 0.456 e. The highest BCUT2D eigenvalue weighted by Gasteiger charge is 2.18. The summed E-state index contributed by atoms with van der Waals surface area (Å²) in [6.45, 7) is 0.0467. The van der Waals surface area contributed by atoms with E-state index in [2.05, 4.69) is 10.3 Å². The highest BCUT2D eigenvalue weighted by Crippen LogP contribution is 2.33. The second-order valence-corrected chi connectivity index (χ2v) is 6.12. The molecular weight excluding hydrogens is 382 g/mol. The first-order valence-electron chi connectivity index (χ1n) is 7.40. The summed E-state index contributed by atoms with van der Waals surface area (Å²) in [5.41, 5.74) is 0.348. The molecule has 1 aliphatic rings. The molecule has 1 aliphatic heterocycles. The number of nitrogens with zero attached hydrogens (tertiary/aromatic N) is 1. The minimum atomic E-state index is -0.562. The van der Waals surface area contributed by atoms with Crippen LogP contribution in [0.15, 0.2) is 53.2 Å². The normalized spacial score (nSPS) is 13.3. The summed E-state index contributed by atoms with van der Waals surface area (Å²) in [6, 6.07) is 8.00. The summed E-state index contributed by atoms with van der Waals surface area (Å²) in [5.74, 6) is -0.763. The number of ether oxygens (including phenoxy) is 1. The highest BCUT2D eigenvalue weighted by molar-refractivity contribution is 6.42. The Bertz CT molecular complexity index is 940. The van der Waals surface area contributed by atoms with E-state index < -0.39 is 11.7 Å². The lowest BCUT2D eigenvalue weighted by atomic mass is 10.1. The second-order valence-electron chi connectivity index (χ2n) is 5.31. The number of carbonyl (C=O) groups excluding carboxylic acids is 2. The lowest BCUT2D eigenvalue weighted by Gasteiger charge is -2.14. The van der Waals surface area contributed by atoms with Crippen molar-refractivity contribution >= 4 is 41.1 Å². The van der Waals surface area contributed by atoms with Gasteiger partial charge in [0.25, 0.3) is 5.91 Å². The fourth-order valence-electron chi connectivity index (χ4n) is 2.18. The smallest absolute Gasteiger partial charge is 0.259 e. The molecular formula is C18H11Cl2FN2O3. The van der Waals surface area contributed by atoms with Gasteiger partial charge in [-0.15, -0.1) is 0 Å². The number of dihydropyridines is 1. The van der Waals surface area contributed by atoms with Crippen molar-refractivity contribution in [3.8, 4) is 11.5 Å². The molecule has 132 valence electrons. The molecule has 3 rings (SSSR count). The molecule has 0 saturated carbocycles. The van der Waals surface area contributed by atoms with Gasteiger partial charge in [0.15, 0.2) is 5.78 Å². The fourth-order valence-corrected chi connectivity index (χ4v) is 2.49. The average molecular weight is 393 g/mol. The van der Waals surface area contributed by atoms with Crippen molar-refractivity contribution in [2.24, 2.45) is 4.99 Å². The topological polar surface area (TPSA) is 67.8 Å². The minimum absolute atomic E-state index is 0.0467. The number of nitrogens with one attached hydrogen (secondary N) is 1. The van der Waals surface area contributed by atoms with Gasteiger partial charge in [-0.1, -0.05) is 23.2 Å². The summed E-state index contributed by atoms with van der Waals surface area (Å²) in [7, 11) is 0. The van der Waals surface area contributed by atoms with E-state index in [0.717, 1.165) is 0 Å². The molecule has 1 N–H and O–H groups in total. The van der Waals surface area contributed by atoms with Crippen molar-refractivity contribution in [3.63, 3.8) is 0 Å². The van der Waals surface area contributed by atoms with Crippen molar-refractivity contribution in [3.05, 3.63) is 69.6 Å². The number of ketones is 1. The van der Waals surface area contributed by atoms with Gasteiger partial charge in [0.2, 0.25) is 0 Å². The van der Waals surface area contributed by atoms with Crippen LogP contribution < -0.4 is 10.1 Å². The zero-order valence-electron chi connectivity index (χ0n) is 13.1. The van der Waals surface area contributed by atoms with Gasteiger partial charge in [0, 0.05) is 18.4 Å². The third kappa shape index (κ3) is 4.28. The van der Waals surface area contributed by atoms with Gasteiger partial charge in [-0.05, 0) is 30.3 Å². The van der Waals surface area contributed by atoms with E-state index in [-0.39, 0.29) is 39.4 Å². The second kappa shape index (κ2) is 7.68.